The molecule has 0 spiro atoms. The summed E-state index contributed by atoms with van der Waals surface area (Å²) in [4.78, 5) is 34.6. The van der Waals surface area contributed by atoms with E-state index in [1.54, 1.807) is 43.3 Å². The lowest BCUT2D eigenvalue weighted by atomic mass is 10.1. The zero-order chi connectivity index (χ0) is 17.7. The van der Waals surface area contributed by atoms with Crippen LogP contribution >= 0.6 is 0 Å². The van der Waals surface area contributed by atoms with E-state index in [0.717, 1.165) is 0 Å². The van der Waals surface area contributed by atoms with Gasteiger partial charge in [-0.25, -0.2) is 0 Å². The molecule has 0 fully saturated rings. The number of amides is 2. The second kappa shape index (κ2) is 7.41. The molecule has 0 radical (unpaired) electrons. The molecular weight excluding hydrogens is 308 g/mol. The number of hydrogen-bond donors (Lipinski definition) is 2. The summed E-state index contributed by atoms with van der Waals surface area (Å²) >= 11 is 0. The highest BCUT2D eigenvalue weighted by molar-refractivity contribution is 5.98. The topological polar surface area (TPSA) is 98.5 Å². The lowest BCUT2D eigenvalue weighted by molar-refractivity contribution is -0.122. The maximum Gasteiger partial charge on any atom is 0.265 e. The van der Waals surface area contributed by atoms with E-state index in [-0.39, 0.29) is 11.7 Å². The predicted octanol–water partition coefficient (Wildman–Crippen LogP) is 2.39. The van der Waals surface area contributed by atoms with Crippen molar-refractivity contribution in [2.24, 2.45) is 5.73 Å². The zero-order valence-electron chi connectivity index (χ0n) is 13.4. The molecular formula is C18H18N2O4. The number of carbonyl (C=O) groups is 3. The Morgan fingerprint density at radius 1 is 1.04 bits per heavy atom. The number of benzene rings is 2. The molecule has 1 unspecified atom stereocenters. The first-order chi connectivity index (χ1) is 11.4. The van der Waals surface area contributed by atoms with Crippen LogP contribution in [0.3, 0.4) is 0 Å². The van der Waals surface area contributed by atoms with E-state index >= 15 is 0 Å². The number of ketones is 1. The van der Waals surface area contributed by atoms with E-state index in [1.807, 2.05) is 0 Å². The van der Waals surface area contributed by atoms with E-state index in [4.69, 9.17) is 10.5 Å². The fourth-order valence-electron chi connectivity index (χ4n) is 2.02. The predicted molar refractivity (Wildman–Crippen MR) is 90.1 cm³/mol. The van der Waals surface area contributed by atoms with Crippen LogP contribution in [0.25, 0.3) is 0 Å². The second-order valence-corrected chi connectivity index (χ2v) is 5.27. The van der Waals surface area contributed by atoms with Gasteiger partial charge in [0.2, 0.25) is 5.91 Å². The molecule has 0 aromatic heterocycles. The van der Waals surface area contributed by atoms with Crippen molar-refractivity contribution in [3.8, 4) is 5.75 Å². The Labute approximate surface area is 139 Å². The number of Topliss-reactive ketones (excluding diaryl/α,β-unsaturated/α-hetero) is 1. The molecule has 2 amide bonds. The first-order valence-electron chi connectivity index (χ1n) is 7.35. The molecule has 24 heavy (non-hydrogen) atoms. The van der Waals surface area contributed by atoms with Gasteiger partial charge >= 0.3 is 0 Å². The third-order valence-electron chi connectivity index (χ3n) is 3.36. The first-order valence-corrected chi connectivity index (χ1v) is 7.35. The number of hydrogen-bond acceptors (Lipinski definition) is 4. The van der Waals surface area contributed by atoms with Crippen LogP contribution in [0.2, 0.25) is 0 Å². The number of carbonyl (C=O) groups excluding carboxylic acids is 3. The summed E-state index contributed by atoms with van der Waals surface area (Å²) in [5, 5.41) is 2.70. The monoisotopic (exact) mass is 326 g/mol. The summed E-state index contributed by atoms with van der Waals surface area (Å²) < 4.78 is 5.53. The largest absolute Gasteiger partial charge is 0.481 e. The Bertz CT molecular complexity index is 769. The molecule has 124 valence electrons. The van der Waals surface area contributed by atoms with Gasteiger partial charge < -0.3 is 15.8 Å². The molecule has 6 heteroatoms. The maximum absolute atomic E-state index is 12.2. The van der Waals surface area contributed by atoms with Gasteiger partial charge in [0.25, 0.3) is 5.91 Å². The van der Waals surface area contributed by atoms with Gasteiger partial charge in [0, 0.05) is 16.8 Å². The molecule has 2 aromatic rings. The average Bonchev–Trinajstić information content (AvgIpc) is 2.55. The van der Waals surface area contributed by atoms with E-state index in [1.165, 1.54) is 19.1 Å². The number of nitrogens with two attached hydrogens (primary N) is 1. The van der Waals surface area contributed by atoms with Crippen molar-refractivity contribution in [2.45, 2.75) is 20.0 Å². The minimum absolute atomic E-state index is 0.0788. The van der Waals surface area contributed by atoms with Gasteiger partial charge in [-0.1, -0.05) is 12.1 Å². The summed E-state index contributed by atoms with van der Waals surface area (Å²) in [5.41, 5.74) is 6.56. The lowest BCUT2D eigenvalue weighted by Gasteiger charge is -2.15. The van der Waals surface area contributed by atoms with Gasteiger partial charge in [0.1, 0.15) is 5.75 Å². The quantitative estimate of drug-likeness (QED) is 0.796. The summed E-state index contributed by atoms with van der Waals surface area (Å²) in [5.74, 6) is -0.516. The molecule has 0 saturated carbocycles. The van der Waals surface area contributed by atoms with Crippen LogP contribution < -0.4 is 15.8 Å². The molecule has 2 aromatic carbocycles. The van der Waals surface area contributed by atoms with Crippen molar-refractivity contribution in [2.75, 3.05) is 5.32 Å². The molecule has 0 aliphatic rings. The van der Waals surface area contributed by atoms with Crippen molar-refractivity contribution >= 4 is 23.3 Å². The highest BCUT2D eigenvalue weighted by Crippen LogP contribution is 2.16. The SMILES string of the molecule is CC(=O)c1cccc(NC(=O)C(C)Oc2ccc(C(N)=O)cc2)c1. The summed E-state index contributed by atoms with van der Waals surface area (Å²) in [6, 6.07) is 12.9. The maximum atomic E-state index is 12.2. The first kappa shape index (κ1) is 17.2. The lowest BCUT2D eigenvalue weighted by Crippen LogP contribution is -2.30. The van der Waals surface area contributed by atoms with Gasteiger partial charge in [-0.05, 0) is 50.2 Å². The Morgan fingerprint density at radius 3 is 2.29 bits per heavy atom. The normalized spacial score (nSPS) is 11.4. The Balaban J connectivity index is 2.00. The molecule has 6 nitrogen and oxygen atoms in total. The number of anilines is 1. The van der Waals surface area contributed by atoms with Crippen LogP contribution in [0.4, 0.5) is 5.69 Å². The van der Waals surface area contributed by atoms with Crippen LogP contribution in [-0.4, -0.2) is 23.7 Å². The van der Waals surface area contributed by atoms with Crippen molar-refractivity contribution in [3.63, 3.8) is 0 Å². The van der Waals surface area contributed by atoms with E-state index in [0.29, 0.717) is 22.6 Å². The fraction of sp³-hybridized carbons (Fsp3) is 0.167. The van der Waals surface area contributed by atoms with E-state index < -0.39 is 12.0 Å². The number of nitrogens with one attached hydrogen (secondary N) is 1. The van der Waals surface area contributed by atoms with Gasteiger partial charge in [-0.15, -0.1) is 0 Å². The number of ether oxygens (including phenoxy) is 1. The molecule has 0 bridgehead atoms. The Hall–Kier alpha value is -3.15. The van der Waals surface area contributed by atoms with E-state index in [2.05, 4.69) is 5.32 Å². The third kappa shape index (κ3) is 4.42. The van der Waals surface area contributed by atoms with Crippen LogP contribution in [0.5, 0.6) is 5.75 Å². The Kier molecular flexibility index (Phi) is 5.31. The molecule has 0 aliphatic heterocycles. The molecule has 1 atom stereocenters. The zero-order valence-corrected chi connectivity index (χ0v) is 13.4. The number of rotatable bonds is 6. The third-order valence-corrected chi connectivity index (χ3v) is 3.36. The highest BCUT2D eigenvalue weighted by atomic mass is 16.5. The molecule has 0 aliphatic carbocycles. The summed E-state index contributed by atoms with van der Waals surface area (Å²) in [6.45, 7) is 3.06. The smallest absolute Gasteiger partial charge is 0.265 e. The van der Waals surface area contributed by atoms with Crippen molar-refractivity contribution in [3.05, 3.63) is 59.7 Å². The van der Waals surface area contributed by atoms with Crippen LogP contribution in [0.1, 0.15) is 34.6 Å². The van der Waals surface area contributed by atoms with Crippen molar-refractivity contribution in [1.29, 1.82) is 0 Å². The minimum Gasteiger partial charge on any atom is -0.481 e. The minimum atomic E-state index is -0.759. The summed E-state index contributed by atoms with van der Waals surface area (Å²) in [6.07, 6.45) is -0.759. The summed E-state index contributed by atoms with van der Waals surface area (Å²) in [7, 11) is 0. The fourth-order valence-corrected chi connectivity index (χ4v) is 2.02. The standard InChI is InChI=1S/C18H18N2O4/c1-11(21)14-4-3-5-15(10-14)20-18(23)12(2)24-16-8-6-13(7-9-16)17(19)22/h3-10,12H,1-2H3,(H2,19,22)(H,20,23). The van der Waals surface area contributed by atoms with Crippen LogP contribution in [-0.2, 0) is 4.79 Å². The molecule has 0 heterocycles. The van der Waals surface area contributed by atoms with Crippen molar-refractivity contribution < 1.29 is 19.1 Å². The Morgan fingerprint density at radius 2 is 1.71 bits per heavy atom. The van der Waals surface area contributed by atoms with Gasteiger partial charge in [-0.3, -0.25) is 14.4 Å². The second-order valence-electron chi connectivity index (χ2n) is 5.27. The van der Waals surface area contributed by atoms with Gasteiger partial charge in [0.15, 0.2) is 11.9 Å². The van der Waals surface area contributed by atoms with Gasteiger partial charge in [0.05, 0.1) is 0 Å². The van der Waals surface area contributed by atoms with Crippen LogP contribution in [0.15, 0.2) is 48.5 Å². The highest BCUT2D eigenvalue weighted by Gasteiger charge is 2.15. The van der Waals surface area contributed by atoms with E-state index in [9.17, 15) is 14.4 Å². The van der Waals surface area contributed by atoms with Crippen LogP contribution in [0, 0.1) is 0 Å². The molecule has 0 saturated heterocycles. The van der Waals surface area contributed by atoms with Crippen molar-refractivity contribution in [1.82, 2.24) is 0 Å². The molecule has 3 N–H and O–H groups in total. The average molecular weight is 326 g/mol. The number of primary amides is 1. The molecule has 2 rings (SSSR count). The van der Waals surface area contributed by atoms with Gasteiger partial charge in [-0.2, -0.15) is 0 Å².